The van der Waals surface area contributed by atoms with E-state index in [1.807, 2.05) is 13.8 Å². The van der Waals surface area contributed by atoms with Gasteiger partial charge in [0, 0.05) is 22.8 Å². The van der Waals surface area contributed by atoms with E-state index in [2.05, 4.69) is 10.3 Å². The summed E-state index contributed by atoms with van der Waals surface area (Å²) in [5.74, 6) is 0.471. The first-order valence-electron chi connectivity index (χ1n) is 7.47. The monoisotopic (exact) mass is 359 g/mol. The highest BCUT2D eigenvalue weighted by molar-refractivity contribution is 7.17. The normalized spacial score (nSPS) is 10.7. The number of aryl methyl sites for hydroxylation is 2. The van der Waals surface area contributed by atoms with Crippen molar-refractivity contribution in [1.82, 2.24) is 9.38 Å². The first kappa shape index (κ1) is 17.0. The molecule has 0 unspecified atom stereocenters. The Hall–Kier alpha value is -2.87. The fourth-order valence-electron chi connectivity index (χ4n) is 2.43. The number of methoxy groups -OCH3 is 2. The van der Waals surface area contributed by atoms with Gasteiger partial charge in [-0.25, -0.2) is 4.98 Å². The van der Waals surface area contributed by atoms with E-state index in [1.165, 1.54) is 36.2 Å². The van der Waals surface area contributed by atoms with Gasteiger partial charge in [0.25, 0.3) is 11.5 Å². The Bertz CT molecular complexity index is 1020. The molecule has 0 aliphatic rings. The van der Waals surface area contributed by atoms with E-state index < -0.39 is 11.5 Å². The molecule has 3 rings (SSSR count). The van der Waals surface area contributed by atoms with Crippen molar-refractivity contribution >= 4 is 27.9 Å². The summed E-state index contributed by atoms with van der Waals surface area (Å²) in [5.41, 5.74) is 0.759. The molecule has 25 heavy (non-hydrogen) atoms. The van der Waals surface area contributed by atoms with Crippen LogP contribution in [0.15, 0.2) is 29.2 Å². The summed E-state index contributed by atoms with van der Waals surface area (Å²) in [6.07, 6.45) is 1.30. The van der Waals surface area contributed by atoms with Gasteiger partial charge in [-0.1, -0.05) is 0 Å². The van der Waals surface area contributed by atoms with Crippen LogP contribution in [0.4, 0.5) is 5.69 Å². The number of nitrogens with one attached hydrogen (secondary N) is 1. The van der Waals surface area contributed by atoms with E-state index in [9.17, 15) is 9.59 Å². The molecule has 0 bridgehead atoms. The lowest BCUT2D eigenvalue weighted by Crippen LogP contribution is -2.26. The van der Waals surface area contributed by atoms with E-state index in [0.717, 1.165) is 10.6 Å². The SMILES string of the molecule is COc1ccc(OC)c(NC(=O)c2cnc3sc(C)c(C)n3c2=O)c1. The minimum Gasteiger partial charge on any atom is -0.497 e. The van der Waals surface area contributed by atoms with Crippen LogP contribution in [0, 0.1) is 13.8 Å². The maximum atomic E-state index is 12.7. The topological polar surface area (TPSA) is 81.9 Å². The van der Waals surface area contributed by atoms with Crippen LogP contribution < -0.4 is 20.3 Å². The second-order valence-electron chi connectivity index (χ2n) is 5.36. The molecule has 0 fully saturated rings. The number of fused-ring (bicyclic) bond motifs is 1. The fourth-order valence-corrected chi connectivity index (χ4v) is 3.36. The van der Waals surface area contributed by atoms with Crippen LogP contribution in [0.2, 0.25) is 0 Å². The molecule has 3 aromatic rings. The Kier molecular flexibility index (Phi) is 4.45. The van der Waals surface area contributed by atoms with Crippen molar-refractivity contribution in [1.29, 1.82) is 0 Å². The number of amides is 1. The molecule has 0 aliphatic carbocycles. The smallest absolute Gasteiger partial charge is 0.271 e. The second kappa shape index (κ2) is 6.56. The lowest BCUT2D eigenvalue weighted by molar-refractivity contribution is 0.102. The molecule has 7 nitrogen and oxygen atoms in total. The van der Waals surface area contributed by atoms with E-state index in [4.69, 9.17) is 9.47 Å². The summed E-state index contributed by atoms with van der Waals surface area (Å²) >= 11 is 1.41. The van der Waals surface area contributed by atoms with Gasteiger partial charge in [-0.15, -0.1) is 11.3 Å². The van der Waals surface area contributed by atoms with Crippen molar-refractivity contribution in [2.75, 3.05) is 19.5 Å². The number of nitrogens with zero attached hydrogens (tertiary/aromatic N) is 2. The van der Waals surface area contributed by atoms with Gasteiger partial charge in [0.2, 0.25) is 0 Å². The second-order valence-corrected chi connectivity index (χ2v) is 6.54. The number of carbonyl (C=O) groups is 1. The summed E-state index contributed by atoms with van der Waals surface area (Å²) in [6.45, 7) is 3.74. The zero-order chi connectivity index (χ0) is 18.1. The van der Waals surface area contributed by atoms with Crippen molar-refractivity contribution in [3.05, 3.63) is 50.9 Å². The van der Waals surface area contributed by atoms with Crippen LogP contribution in [0.25, 0.3) is 4.96 Å². The molecule has 1 amide bonds. The summed E-state index contributed by atoms with van der Waals surface area (Å²) in [5, 5.41) is 2.69. The minimum atomic E-state index is -0.554. The van der Waals surface area contributed by atoms with E-state index in [-0.39, 0.29) is 5.56 Å². The number of ether oxygens (including phenoxy) is 2. The molecular formula is C17H17N3O4S. The highest BCUT2D eigenvalue weighted by Crippen LogP contribution is 2.29. The van der Waals surface area contributed by atoms with Crippen molar-refractivity contribution in [2.45, 2.75) is 13.8 Å². The van der Waals surface area contributed by atoms with Crippen molar-refractivity contribution in [3.8, 4) is 11.5 Å². The summed E-state index contributed by atoms with van der Waals surface area (Å²) in [6, 6.07) is 5.02. The van der Waals surface area contributed by atoms with Gasteiger partial charge >= 0.3 is 0 Å². The Labute approximate surface area is 147 Å². The van der Waals surface area contributed by atoms with Crippen molar-refractivity contribution in [2.24, 2.45) is 0 Å². The van der Waals surface area contributed by atoms with Gasteiger partial charge in [-0.2, -0.15) is 0 Å². The quantitative estimate of drug-likeness (QED) is 0.774. The molecule has 0 aliphatic heterocycles. The van der Waals surface area contributed by atoms with Crippen molar-refractivity contribution < 1.29 is 14.3 Å². The molecule has 0 atom stereocenters. The Morgan fingerprint density at radius 2 is 2.00 bits per heavy atom. The number of anilines is 1. The summed E-state index contributed by atoms with van der Waals surface area (Å²) in [7, 11) is 3.02. The highest BCUT2D eigenvalue weighted by Gasteiger charge is 2.18. The lowest BCUT2D eigenvalue weighted by atomic mass is 10.2. The maximum absolute atomic E-state index is 12.7. The lowest BCUT2D eigenvalue weighted by Gasteiger charge is -2.11. The fraction of sp³-hybridized carbons (Fsp3) is 0.235. The molecule has 2 heterocycles. The van der Waals surface area contributed by atoms with Crippen LogP contribution in [0.1, 0.15) is 20.9 Å². The van der Waals surface area contributed by atoms with Crippen LogP contribution in [0.3, 0.4) is 0 Å². The highest BCUT2D eigenvalue weighted by atomic mass is 32.1. The predicted octanol–water partition coefficient (Wildman–Crippen LogP) is 2.64. The molecular weight excluding hydrogens is 342 g/mol. The molecule has 8 heteroatoms. The summed E-state index contributed by atoms with van der Waals surface area (Å²) < 4.78 is 11.9. The van der Waals surface area contributed by atoms with Gasteiger partial charge in [0.05, 0.1) is 19.9 Å². The molecule has 0 saturated heterocycles. The average Bonchev–Trinajstić information content (AvgIpc) is 2.90. The van der Waals surface area contributed by atoms with Gasteiger partial charge < -0.3 is 14.8 Å². The summed E-state index contributed by atoms with van der Waals surface area (Å²) in [4.78, 5) is 31.1. The number of aromatic nitrogens is 2. The van der Waals surface area contributed by atoms with Gasteiger partial charge in [0.15, 0.2) is 4.96 Å². The van der Waals surface area contributed by atoms with E-state index in [1.54, 1.807) is 18.2 Å². The number of benzene rings is 1. The third-order valence-electron chi connectivity index (χ3n) is 3.92. The number of hydrogen-bond donors (Lipinski definition) is 1. The number of carbonyl (C=O) groups excluding carboxylic acids is 1. The Balaban J connectivity index is 2.02. The standard InChI is InChI=1S/C17H17N3O4S/c1-9-10(2)25-17-18-8-12(16(22)20(9)17)15(21)19-13-7-11(23-3)5-6-14(13)24-4/h5-8H,1-4H3,(H,19,21). The van der Waals surface area contributed by atoms with Gasteiger partial charge in [-0.3, -0.25) is 14.0 Å². The molecule has 1 aromatic carbocycles. The zero-order valence-corrected chi connectivity index (χ0v) is 15.1. The van der Waals surface area contributed by atoms with Crippen LogP contribution >= 0.6 is 11.3 Å². The first-order valence-corrected chi connectivity index (χ1v) is 8.29. The first-order chi connectivity index (χ1) is 12.0. The van der Waals surface area contributed by atoms with Gasteiger partial charge in [0.1, 0.15) is 17.1 Å². The Morgan fingerprint density at radius 1 is 1.24 bits per heavy atom. The third kappa shape index (κ3) is 2.96. The largest absolute Gasteiger partial charge is 0.497 e. The van der Waals surface area contributed by atoms with Crippen LogP contribution in [0.5, 0.6) is 11.5 Å². The van der Waals surface area contributed by atoms with E-state index >= 15 is 0 Å². The minimum absolute atomic E-state index is 0.0386. The molecule has 0 spiro atoms. The third-order valence-corrected chi connectivity index (χ3v) is 4.99. The molecule has 2 aromatic heterocycles. The van der Waals surface area contributed by atoms with Crippen LogP contribution in [-0.4, -0.2) is 29.5 Å². The molecule has 0 radical (unpaired) electrons. The van der Waals surface area contributed by atoms with E-state index in [0.29, 0.717) is 22.1 Å². The Morgan fingerprint density at radius 3 is 2.68 bits per heavy atom. The van der Waals surface area contributed by atoms with Crippen molar-refractivity contribution in [3.63, 3.8) is 0 Å². The van der Waals surface area contributed by atoms with Crippen LogP contribution in [-0.2, 0) is 0 Å². The molecule has 130 valence electrons. The molecule has 1 N–H and O–H groups in total. The number of hydrogen-bond acceptors (Lipinski definition) is 6. The zero-order valence-electron chi connectivity index (χ0n) is 14.2. The number of rotatable bonds is 4. The average molecular weight is 359 g/mol. The van der Waals surface area contributed by atoms with Gasteiger partial charge in [-0.05, 0) is 26.0 Å². The maximum Gasteiger partial charge on any atom is 0.271 e. The number of thiazole rings is 1. The molecule has 0 saturated carbocycles. The predicted molar refractivity (Wildman–Crippen MR) is 96.3 cm³/mol.